The molecule has 3 rings (SSSR count). The molecule has 130 valence electrons. The minimum absolute atomic E-state index is 0.113. The van der Waals surface area contributed by atoms with Crippen LogP contribution in [0.1, 0.15) is 17.1 Å². The number of rotatable bonds is 5. The second-order valence-electron chi connectivity index (χ2n) is 5.96. The SMILES string of the molecule is Cc1ccc(CN(C)C(=O)COc2ccc3c(C)cc(=O)oc3c2)o1. The molecule has 0 aliphatic rings. The van der Waals surface area contributed by atoms with Gasteiger partial charge in [-0.1, -0.05) is 0 Å². The maximum atomic E-state index is 12.2. The molecule has 0 bridgehead atoms. The van der Waals surface area contributed by atoms with E-state index in [0.29, 0.717) is 17.9 Å². The summed E-state index contributed by atoms with van der Waals surface area (Å²) in [4.78, 5) is 25.2. The van der Waals surface area contributed by atoms with E-state index in [1.165, 1.54) is 11.0 Å². The van der Waals surface area contributed by atoms with Crippen LogP contribution >= 0.6 is 0 Å². The average molecular weight is 341 g/mol. The van der Waals surface area contributed by atoms with Crippen LogP contribution in [0.5, 0.6) is 5.75 Å². The van der Waals surface area contributed by atoms with Crippen molar-refractivity contribution < 1.29 is 18.4 Å². The Morgan fingerprint density at radius 1 is 1.12 bits per heavy atom. The van der Waals surface area contributed by atoms with Gasteiger partial charge in [-0.3, -0.25) is 4.79 Å². The number of likely N-dealkylation sites (N-methyl/N-ethyl adjacent to an activating group) is 1. The summed E-state index contributed by atoms with van der Waals surface area (Å²) < 4.78 is 16.2. The number of ether oxygens (including phenoxy) is 1. The molecule has 0 N–H and O–H groups in total. The van der Waals surface area contributed by atoms with Crippen LogP contribution in [0.3, 0.4) is 0 Å². The molecule has 3 aromatic rings. The Bertz CT molecular complexity index is 969. The Morgan fingerprint density at radius 2 is 1.92 bits per heavy atom. The fourth-order valence-corrected chi connectivity index (χ4v) is 2.54. The van der Waals surface area contributed by atoms with Crippen LogP contribution in [0, 0.1) is 13.8 Å². The van der Waals surface area contributed by atoms with E-state index in [1.54, 1.807) is 19.2 Å². The van der Waals surface area contributed by atoms with E-state index in [-0.39, 0.29) is 12.5 Å². The summed E-state index contributed by atoms with van der Waals surface area (Å²) in [6, 6.07) is 10.3. The van der Waals surface area contributed by atoms with E-state index in [2.05, 4.69) is 0 Å². The van der Waals surface area contributed by atoms with Gasteiger partial charge in [0.05, 0.1) is 6.54 Å². The lowest BCUT2D eigenvalue weighted by Crippen LogP contribution is -2.30. The first kappa shape index (κ1) is 16.8. The molecule has 0 spiro atoms. The zero-order chi connectivity index (χ0) is 18.0. The first-order valence-corrected chi connectivity index (χ1v) is 7.89. The fraction of sp³-hybridized carbons (Fsp3) is 0.263. The molecule has 0 saturated carbocycles. The lowest BCUT2D eigenvalue weighted by Gasteiger charge is -2.16. The Labute approximate surface area is 144 Å². The predicted molar refractivity (Wildman–Crippen MR) is 92.6 cm³/mol. The van der Waals surface area contributed by atoms with Crippen molar-refractivity contribution in [2.75, 3.05) is 13.7 Å². The van der Waals surface area contributed by atoms with Crippen LogP contribution in [0.15, 0.2) is 50.0 Å². The fourth-order valence-electron chi connectivity index (χ4n) is 2.54. The third-order valence-electron chi connectivity index (χ3n) is 3.90. The van der Waals surface area contributed by atoms with E-state index in [0.717, 1.165) is 22.5 Å². The van der Waals surface area contributed by atoms with Crippen molar-refractivity contribution in [2.24, 2.45) is 0 Å². The lowest BCUT2D eigenvalue weighted by molar-refractivity contribution is -0.132. The molecule has 2 heterocycles. The minimum atomic E-state index is -0.410. The molecular weight excluding hydrogens is 322 g/mol. The van der Waals surface area contributed by atoms with Gasteiger partial charge in [0.25, 0.3) is 5.91 Å². The summed E-state index contributed by atoms with van der Waals surface area (Å²) in [5.74, 6) is 1.81. The maximum absolute atomic E-state index is 12.2. The number of amides is 1. The van der Waals surface area contributed by atoms with Gasteiger partial charge in [0.15, 0.2) is 6.61 Å². The highest BCUT2D eigenvalue weighted by molar-refractivity contribution is 5.81. The van der Waals surface area contributed by atoms with Crippen molar-refractivity contribution in [3.63, 3.8) is 0 Å². The molecule has 2 aromatic heterocycles. The summed E-state index contributed by atoms with van der Waals surface area (Å²) in [6.45, 7) is 3.96. The van der Waals surface area contributed by atoms with Crippen LogP contribution in [0.4, 0.5) is 0 Å². The van der Waals surface area contributed by atoms with Crippen LogP contribution in [-0.2, 0) is 11.3 Å². The lowest BCUT2D eigenvalue weighted by atomic mass is 10.1. The monoisotopic (exact) mass is 341 g/mol. The van der Waals surface area contributed by atoms with Crippen molar-refractivity contribution in [1.82, 2.24) is 4.90 Å². The number of furan rings is 1. The smallest absolute Gasteiger partial charge is 0.336 e. The molecule has 1 amide bonds. The topological polar surface area (TPSA) is 72.9 Å². The molecule has 0 atom stereocenters. The second-order valence-corrected chi connectivity index (χ2v) is 5.96. The third kappa shape index (κ3) is 3.91. The molecular formula is C19H19NO5. The van der Waals surface area contributed by atoms with Gasteiger partial charge in [0, 0.05) is 24.6 Å². The number of carbonyl (C=O) groups is 1. The number of hydrogen-bond acceptors (Lipinski definition) is 5. The standard InChI is InChI=1S/C19H19NO5/c1-12-8-19(22)25-17-9-14(6-7-16(12)17)23-11-18(21)20(3)10-15-5-4-13(2)24-15/h4-9H,10-11H2,1-3H3. The molecule has 0 fully saturated rings. The van der Waals surface area contributed by atoms with Crippen molar-refractivity contribution in [1.29, 1.82) is 0 Å². The van der Waals surface area contributed by atoms with Gasteiger partial charge in [-0.2, -0.15) is 0 Å². The molecule has 6 nitrogen and oxygen atoms in total. The molecule has 0 radical (unpaired) electrons. The van der Waals surface area contributed by atoms with Gasteiger partial charge in [0.1, 0.15) is 22.9 Å². The summed E-state index contributed by atoms with van der Waals surface area (Å²) in [7, 11) is 1.69. The van der Waals surface area contributed by atoms with Crippen molar-refractivity contribution in [3.8, 4) is 5.75 Å². The average Bonchev–Trinajstić information content (AvgIpc) is 2.96. The normalized spacial score (nSPS) is 10.8. The van der Waals surface area contributed by atoms with Gasteiger partial charge in [-0.25, -0.2) is 4.79 Å². The maximum Gasteiger partial charge on any atom is 0.336 e. The molecule has 1 aromatic carbocycles. The molecule has 0 unspecified atom stereocenters. The third-order valence-corrected chi connectivity index (χ3v) is 3.90. The second kappa shape index (κ2) is 6.84. The van der Waals surface area contributed by atoms with Gasteiger partial charge < -0.3 is 18.5 Å². The van der Waals surface area contributed by atoms with E-state index < -0.39 is 5.63 Å². The van der Waals surface area contributed by atoms with E-state index in [9.17, 15) is 9.59 Å². The Balaban J connectivity index is 1.65. The molecule has 6 heteroatoms. The van der Waals surface area contributed by atoms with Crippen molar-refractivity contribution in [3.05, 3.63) is 63.9 Å². The highest BCUT2D eigenvalue weighted by atomic mass is 16.5. The quantitative estimate of drug-likeness (QED) is 0.667. The number of hydrogen-bond donors (Lipinski definition) is 0. The van der Waals surface area contributed by atoms with Gasteiger partial charge in [-0.05, 0) is 43.7 Å². The summed E-state index contributed by atoms with van der Waals surface area (Å²) >= 11 is 0. The molecule has 0 saturated heterocycles. The largest absolute Gasteiger partial charge is 0.484 e. The van der Waals surface area contributed by atoms with Crippen molar-refractivity contribution in [2.45, 2.75) is 20.4 Å². The minimum Gasteiger partial charge on any atom is -0.484 e. The number of aryl methyl sites for hydroxylation is 2. The zero-order valence-corrected chi connectivity index (χ0v) is 14.4. The van der Waals surface area contributed by atoms with Gasteiger partial charge in [-0.15, -0.1) is 0 Å². The van der Waals surface area contributed by atoms with E-state index in [4.69, 9.17) is 13.6 Å². The molecule has 0 aliphatic heterocycles. The van der Waals surface area contributed by atoms with E-state index in [1.807, 2.05) is 32.0 Å². The summed E-state index contributed by atoms with van der Waals surface area (Å²) in [5, 5.41) is 0.837. The first-order chi connectivity index (χ1) is 11.9. The predicted octanol–water partition coefficient (Wildman–Crippen LogP) is 3.04. The number of carbonyl (C=O) groups excluding carboxylic acids is 1. The summed E-state index contributed by atoms with van der Waals surface area (Å²) in [5.41, 5.74) is 0.864. The molecule has 0 aliphatic carbocycles. The van der Waals surface area contributed by atoms with Crippen LogP contribution in [-0.4, -0.2) is 24.5 Å². The highest BCUT2D eigenvalue weighted by Gasteiger charge is 2.12. The van der Waals surface area contributed by atoms with Crippen LogP contribution < -0.4 is 10.4 Å². The van der Waals surface area contributed by atoms with E-state index >= 15 is 0 Å². The van der Waals surface area contributed by atoms with Gasteiger partial charge >= 0.3 is 5.63 Å². The number of nitrogens with zero attached hydrogens (tertiary/aromatic N) is 1. The Morgan fingerprint density at radius 3 is 2.64 bits per heavy atom. The Hall–Kier alpha value is -3.02. The summed E-state index contributed by atoms with van der Waals surface area (Å²) in [6.07, 6.45) is 0. The Kier molecular flexibility index (Phi) is 4.61. The molecule has 25 heavy (non-hydrogen) atoms. The number of fused-ring (bicyclic) bond motifs is 1. The highest BCUT2D eigenvalue weighted by Crippen LogP contribution is 2.22. The zero-order valence-electron chi connectivity index (χ0n) is 14.4. The van der Waals surface area contributed by atoms with Crippen LogP contribution in [0.25, 0.3) is 11.0 Å². The van der Waals surface area contributed by atoms with Gasteiger partial charge in [0.2, 0.25) is 0 Å². The van der Waals surface area contributed by atoms with Crippen LogP contribution in [0.2, 0.25) is 0 Å². The van der Waals surface area contributed by atoms with Crippen molar-refractivity contribution >= 4 is 16.9 Å². The number of benzene rings is 1. The first-order valence-electron chi connectivity index (χ1n) is 7.89.